The molecule has 1 saturated carbocycles. The van der Waals surface area contributed by atoms with Crippen LogP contribution in [0.1, 0.15) is 32.6 Å². The zero-order chi connectivity index (χ0) is 14.2. The Balaban J connectivity index is 2.09. The number of hydrogen-bond donors (Lipinski definition) is 1. The van der Waals surface area contributed by atoms with Crippen LogP contribution in [0.4, 0.5) is 0 Å². The maximum atomic E-state index is 12.5. The first-order valence-electron chi connectivity index (χ1n) is 6.80. The molecule has 2 rings (SSSR count). The van der Waals surface area contributed by atoms with E-state index < -0.39 is 22.2 Å². The van der Waals surface area contributed by atoms with Crippen molar-refractivity contribution in [2.24, 2.45) is 11.8 Å². The predicted molar refractivity (Wildman–Crippen MR) is 70.8 cm³/mol. The largest absolute Gasteiger partial charge is 0.480 e. The first-order chi connectivity index (χ1) is 8.84. The van der Waals surface area contributed by atoms with Crippen LogP contribution in [0.5, 0.6) is 0 Å². The van der Waals surface area contributed by atoms with Gasteiger partial charge in [-0.3, -0.25) is 4.79 Å². The molecule has 6 nitrogen and oxygen atoms in total. The molecule has 0 radical (unpaired) electrons. The van der Waals surface area contributed by atoms with Crippen molar-refractivity contribution in [3.05, 3.63) is 0 Å². The minimum absolute atomic E-state index is 0.309. The van der Waals surface area contributed by atoms with E-state index in [1.165, 1.54) is 4.31 Å². The van der Waals surface area contributed by atoms with Crippen LogP contribution in [0.15, 0.2) is 0 Å². The van der Waals surface area contributed by atoms with Gasteiger partial charge in [0.1, 0.15) is 6.04 Å². The molecule has 19 heavy (non-hydrogen) atoms. The first-order valence-corrected chi connectivity index (χ1v) is 8.19. The minimum atomic E-state index is -3.65. The topological polar surface area (TPSA) is 77.9 Å². The Bertz CT molecular complexity index is 451. The highest BCUT2D eigenvalue weighted by Gasteiger charge is 2.41. The first kappa shape index (κ1) is 14.7. The minimum Gasteiger partial charge on any atom is -0.480 e. The van der Waals surface area contributed by atoms with Gasteiger partial charge in [-0.25, -0.2) is 0 Å². The highest BCUT2D eigenvalue weighted by Crippen LogP contribution is 2.38. The van der Waals surface area contributed by atoms with Gasteiger partial charge in [-0.1, -0.05) is 6.92 Å². The van der Waals surface area contributed by atoms with E-state index in [-0.39, 0.29) is 0 Å². The molecule has 0 aromatic carbocycles. The van der Waals surface area contributed by atoms with Gasteiger partial charge < -0.3 is 5.11 Å². The molecule has 0 spiro atoms. The van der Waals surface area contributed by atoms with Crippen molar-refractivity contribution in [2.45, 2.75) is 38.6 Å². The molecule has 110 valence electrons. The summed E-state index contributed by atoms with van der Waals surface area (Å²) >= 11 is 0. The van der Waals surface area contributed by atoms with Gasteiger partial charge in [0.15, 0.2) is 0 Å². The quantitative estimate of drug-likeness (QED) is 0.811. The fraction of sp³-hybridized carbons (Fsp3) is 0.917. The second kappa shape index (κ2) is 5.38. The Kier molecular flexibility index (Phi) is 4.17. The van der Waals surface area contributed by atoms with Gasteiger partial charge in [-0.2, -0.15) is 17.0 Å². The van der Waals surface area contributed by atoms with Gasteiger partial charge in [0.2, 0.25) is 0 Å². The number of hydrogen-bond acceptors (Lipinski definition) is 3. The van der Waals surface area contributed by atoms with Crippen LogP contribution in [-0.2, 0) is 15.0 Å². The highest BCUT2D eigenvalue weighted by molar-refractivity contribution is 7.86. The van der Waals surface area contributed by atoms with Gasteiger partial charge in [-0.15, -0.1) is 0 Å². The summed E-state index contributed by atoms with van der Waals surface area (Å²) in [5, 5.41) is 9.17. The predicted octanol–water partition coefficient (Wildman–Crippen LogP) is 0.758. The summed E-state index contributed by atoms with van der Waals surface area (Å²) in [5.74, 6) is -0.0430. The maximum absolute atomic E-state index is 12.5. The Hall–Kier alpha value is -0.660. The summed E-state index contributed by atoms with van der Waals surface area (Å²) in [6.07, 6.45) is 2.97. The summed E-state index contributed by atoms with van der Waals surface area (Å²) in [6, 6.07) is -0.905. The normalized spacial score (nSPS) is 32.5. The SMILES string of the molecule is CC1CC1CN(C)S(=O)(=O)N1CCCCC1C(=O)O. The molecular weight excluding hydrogens is 268 g/mol. The molecule has 2 aliphatic rings. The van der Waals surface area contributed by atoms with E-state index >= 15 is 0 Å². The summed E-state index contributed by atoms with van der Waals surface area (Å²) in [5.41, 5.74) is 0. The van der Waals surface area contributed by atoms with Gasteiger partial charge in [-0.05, 0) is 37.5 Å². The average Bonchev–Trinajstić information content (AvgIpc) is 3.04. The van der Waals surface area contributed by atoms with Crippen LogP contribution in [0, 0.1) is 11.8 Å². The Morgan fingerprint density at radius 3 is 2.58 bits per heavy atom. The van der Waals surface area contributed by atoms with Crippen LogP contribution < -0.4 is 0 Å². The summed E-state index contributed by atoms with van der Waals surface area (Å²) < 4.78 is 27.4. The number of piperidine rings is 1. The van der Waals surface area contributed by atoms with Crippen LogP contribution in [0.3, 0.4) is 0 Å². The van der Waals surface area contributed by atoms with E-state index in [1.54, 1.807) is 7.05 Å². The van der Waals surface area contributed by atoms with Crippen molar-refractivity contribution in [3.63, 3.8) is 0 Å². The number of rotatable bonds is 5. The van der Waals surface area contributed by atoms with Crippen LogP contribution in [0.2, 0.25) is 0 Å². The van der Waals surface area contributed by atoms with Gasteiger partial charge in [0.25, 0.3) is 10.2 Å². The summed E-state index contributed by atoms with van der Waals surface area (Å²) in [4.78, 5) is 11.2. The van der Waals surface area contributed by atoms with E-state index in [1.807, 2.05) is 0 Å². The summed E-state index contributed by atoms with van der Waals surface area (Å²) in [7, 11) is -2.10. The van der Waals surface area contributed by atoms with E-state index in [9.17, 15) is 13.2 Å². The lowest BCUT2D eigenvalue weighted by Crippen LogP contribution is -2.52. The maximum Gasteiger partial charge on any atom is 0.322 e. The fourth-order valence-electron chi connectivity index (χ4n) is 2.68. The second-order valence-corrected chi connectivity index (χ2v) is 7.71. The Labute approximate surface area is 114 Å². The monoisotopic (exact) mass is 290 g/mol. The third kappa shape index (κ3) is 3.09. The molecule has 0 aromatic rings. The van der Waals surface area contributed by atoms with Gasteiger partial charge in [0.05, 0.1) is 0 Å². The molecule has 1 N–H and O–H groups in total. The second-order valence-electron chi connectivity index (χ2n) is 5.72. The Morgan fingerprint density at radius 1 is 1.42 bits per heavy atom. The molecule has 3 unspecified atom stereocenters. The zero-order valence-corrected chi connectivity index (χ0v) is 12.3. The lowest BCUT2D eigenvalue weighted by molar-refractivity contribution is -0.142. The van der Waals surface area contributed by atoms with E-state index in [0.29, 0.717) is 31.3 Å². The molecule has 1 heterocycles. The third-order valence-electron chi connectivity index (χ3n) is 4.20. The fourth-order valence-corrected chi connectivity index (χ4v) is 4.30. The molecule has 1 aliphatic heterocycles. The number of carboxylic acid groups (broad SMARTS) is 1. The molecule has 7 heteroatoms. The summed E-state index contributed by atoms with van der Waals surface area (Å²) in [6.45, 7) is 2.91. The molecule has 0 amide bonds. The molecule has 3 atom stereocenters. The van der Waals surface area contributed by atoms with Gasteiger partial charge >= 0.3 is 5.97 Å². The van der Waals surface area contributed by atoms with Crippen molar-refractivity contribution in [2.75, 3.05) is 20.1 Å². The van der Waals surface area contributed by atoms with Crippen LogP contribution >= 0.6 is 0 Å². The molecule has 1 saturated heterocycles. The van der Waals surface area contributed by atoms with Crippen molar-refractivity contribution in [3.8, 4) is 0 Å². The number of nitrogens with zero attached hydrogens (tertiary/aromatic N) is 2. The number of aliphatic carboxylic acids is 1. The average molecular weight is 290 g/mol. The van der Waals surface area contributed by atoms with Crippen LogP contribution in [0.25, 0.3) is 0 Å². The van der Waals surface area contributed by atoms with Crippen molar-refractivity contribution in [1.82, 2.24) is 8.61 Å². The standard InChI is InChI=1S/C12H22N2O4S/c1-9-7-10(9)8-13(2)19(17,18)14-6-4-3-5-11(14)12(15)16/h9-11H,3-8H2,1-2H3,(H,15,16). The molecular formula is C12H22N2O4S. The van der Waals surface area contributed by atoms with Crippen LogP contribution in [-0.4, -0.2) is 54.3 Å². The van der Waals surface area contributed by atoms with E-state index in [0.717, 1.165) is 23.6 Å². The highest BCUT2D eigenvalue weighted by atomic mass is 32.2. The Morgan fingerprint density at radius 2 is 2.05 bits per heavy atom. The van der Waals surface area contributed by atoms with E-state index in [2.05, 4.69) is 6.92 Å². The lowest BCUT2D eigenvalue weighted by atomic mass is 10.1. The van der Waals surface area contributed by atoms with Crippen molar-refractivity contribution in [1.29, 1.82) is 0 Å². The molecule has 1 aliphatic carbocycles. The number of carbonyl (C=O) groups is 1. The van der Waals surface area contributed by atoms with Crippen molar-refractivity contribution < 1.29 is 18.3 Å². The van der Waals surface area contributed by atoms with E-state index in [4.69, 9.17) is 5.11 Å². The smallest absolute Gasteiger partial charge is 0.322 e. The number of carboxylic acids is 1. The molecule has 2 fully saturated rings. The van der Waals surface area contributed by atoms with Crippen molar-refractivity contribution >= 4 is 16.2 Å². The zero-order valence-electron chi connectivity index (χ0n) is 11.4. The lowest BCUT2D eigenvalue weighted by Gasteiger charge is -2.34. The molecule has 0 bridgehead atoms. The molecule has 0 aromatic heterocycles. The van der Waals surface area contributed by atoms with Gasteiger partial charge in [0, 0.05) is 20.1 Å². The third-order valence-corrected chi connectivity index (χ3v) is 6.16.